The number of fused-ring (bicyclic) bond motifs is 1. The van der Waals surface area contributed by atoms with Crippen LogP contribution in [0.2, 0.25) is 0 Å². The fraction of sp³-hybridized carbons (Fsp3) is 0.0588. The molecule has 6 heteroatoms. The molecule has 0 aliphatic heterocycles. The van der Waals surface area contributed by atoms with Crippen molar-refractivity contribution >= 4 is 5.65 Å². The summed E-state index contributed by atoms with van der Waals surface area (Å²) in [5.74, 6) is 0.605. The molecule has 0 aliphatic carbocycles. The van der Waals surface area contributed by atoms with Gasteiger partial charge >= 0.3 is 0 Å². The SMILES string of the molecule is Cc1ccc(-c2noc(-c3cnc4ccccn4c3=O)n2)cc1. The Kier molecular flexibility index (Phi) is 3.01. The quantitative estimate of drug-likeness (QED) is 0.569. The van der Waals surface area contributed by atoms with Crippen molar-refractivity contribution in [3.63, 3.8) is 0 Å². The first-order valence-electron chi connectivity index (χ1n) is 7.10. The second kappa shape index (κ2) is 5.17. The van der Waals surface area contributed by atoms with Gasteiger partial charge < -0.3 is 4.52 Å². The van der Waals surface area contributed by atoms with Crippen LogP contribution in [0.4, 0.5) is 0 Å². The summed E-state index contributed by atoms with van der Waals surface area (Å²) in [6, 6.07) is 13.1. The van der Waals surface area contributed by atoms with E-state index in [0.29, 0.717) is 11.5 Å². The van der Waals surface area contributed by atoms with Crippen LogP contribution in [0, 0.1) is 6.92 Å². The normalized spacial score (nSPS) is 11.0. The third-order valence-electron chi connectivity index (χ3n) is 3.58. The molecule has 1 aromatic carbocycles. The molecule has 6 nitrogen and oxygen atoms in total. The van der Waals surface area contributed by atoms with Crippen molar-refractivity contribution in [2.45, 2.75) is 6.92 Å². The summed E-state index contributed by atoms with van der Waals surface area (Å²) in [6.45, 7) is 2.01. The Morgan fingerprint density at radius 1 is 1.09 bits per heavy atom. The molecule has 0 radical (unpaired) electrons. The first kappa shape index (κ1) is 13.4. The van der Waals surface area contributed by atoms with Gasteiger partial charge in [0.05, 0.1) is 0 Å². The Balaban J connectivity index is 1.82. The highest BCUT2D eigenvalue weighted by atomic mass is 16.5. The maximum absolute atomic E-state index is 12.5. The number of hydrogen-bond donors (Lipinski definition) is 0. The molecule has 0 unspecified atom stereocenters. The molecule has 0 atom stereocenters. The van der Waals surface area contributed by atoms with Crippen molar-refractivity contribution < 1.29 is 4.52 Å². The molecule has 4 rings (SSSR count). The van der Waals surface area contributed by atoms with Gasteiger partial charge in [0, 0.05) is 18.0 Å². The molecular formula is C17H12N4O2. The van der Waals surface area contributed by atoms with Crippen LogP contribution < -0.4 is 5.56 Å². The molecule has 112 valence electrons. The summed E-state index contributed by atoms with van der Waals surface area (Å²) in [5, 5.41) is 3.95. The Morgan fingerprint density at radius 3 is 2.74 bits per heavy atom. The molecule has 0 fully saturated rings. The van der Waals surface area contributed by atoms with E-state index in [4.69, 9.17) is 4.52 Å². The van der Waals surface area contributed by atoms with Crippen molar-refractivity contribution in [3.05, 3.63) is 70.8 Å². The Bertz CT molecular complexity index is 1050. The zero-order valence-corrected chi connectivity index (χ0v) is 12.3. The van der Waals surface area contributed by atoms with E-state index in [-0.39, 0.29) is 17.0 Å². The predicted molar refractivity (Wildman–Crippen MR) is 84.9 cm³/mol. The van der Waals surface area contributed by atoms with Gasteiger partial charge in [-0.2, -0.15) is 4.98 Å². The van der Waals surface area contributed by atoms with Crippen LogP contribution >= 0.6 is 0 Å². The lowest BCUT2D eigenvalue weighted by atomic mass is 10.1. The fourth-order valence-electron chi connectivity index (χ4n) is 2.33. The largest absolute Gasteiger partial charge is 0.333 e. The van der Waals surface area contributed by atoms with Gasteiger partial charge in [0.1, 0.15) is 11.2 Å². The molecule has 4 aromatic rings. The highest BCUT2D eigenvalue weighted by Gasteiger charge is 2.15. The van der Waals surface area contributed by atoms with Crippen molar-refractivity contribution in [1.29, 1.82) is 0 Å². The monoisotopic (exact) mass is 304 g/mol. The van der Waals surface area contributed by atoms with E-state index < -0.39 is 0 Å². The van der Waals surface area contributed by atoms with Gasteiger partial charge in [0.2, 0.25) is 5.82 Å². The number of benzene rings is 1. The van der Waals surface area contributed by atoms with E-state index in [1.807, 2.05) is 37.3 Å². The average Bonchev–Trinajstić information content (AvgIpc) is 3.06. The molecule has 3 aromatic heterocycles. The van der Waals surface area contributed by atoms with Crippen molar-refractivity contribution in [2.75, 3.05) is 0 Å². The predicted octanol–water partition coefficient (Wildman–Crippen LogP) is 2.72. The molecular weight excluding hydrogens is 292 g/mol. The van der Waals surface area contributed by atoms with Gasteiger partial charge in [0.15, 0.2) is 0 Å². The smallest absolute Gasteiger partial charge is 0.270 e. The minimum atomic E-state index is -0.241. The number of aryl methyl sites for hydroxylation is 1. The molecule has 0 bridgehead atoms. The van der Waals surface area contributed by atoms with Gasteiger partial charge in [-0.3, -0.25) is 9.20 Å². The summed E-state index contributed by atoms with van der Waals surface area (Å²) >= 11 is 0. The van der Waals surface area contributed by atoms with Crippen LogP contribution in [0.25, 0.3) is 28.5 Å². The van der Waals surface area contributed by atoms with E-state index in [0.717, 1.165) is 11.1 Å². The minimum absolute atomic E-state index is 0.163. The third-order valence-corrected chi connectivity index (χ3v) is 3.58. The Labute approximate surface area is 131 Å². The van der Waals surface area contributed by atoms with E-state index >= 15 is 0 Å². The molecule has 0 N–H and O–H groups in total. The van der Waals surface area contributed by atoms with Crippen LogP contribution in [0.3, 0.4) is 0 Å². The van der Waals surface area contributed by atoms with Crippen LogP contribution in [0.1, 0.15) is 5.56 Å². The average molecular weight is 304 g/mol. The zero-order valence-electron chi connectivity index (χ0n) is 12.3. The molecule has 0 amide bonds. The van der Waals surface area contributed by atoms with E-state index in [9.17, 15) is 4.79 Å². The lowest BCUT2D eigenvalue weighted by Crippen LogP contribution is -2.16. The van der Waals surface area contributed by atoms with Crippen molar-refractivity contribution in [2.24, 2.45) is 0 Å². The number of nitrogens with zero attached hydrogens (tertiary/aromatic N) is 4. The highest BCUT2D eigenvalue weighted by Crippen LogP contribution is 2.20. The van der Waals surface area contributed by atoms with Gasteiger partial charge in [0.25, 0.3) is 11.4 Å². The number of rotatable bonds is 2. The number of aromatic nitrogens is 4. The van der Waals surface area contributed by atoms with Crippen LogP contribution in [-0.2, 0) is 0 Å². The molecule has 0 spiro atoms. The lowest BCUT2D eigenvalue weighted by molar-refractivity contribution is 0.431. The lowest BCUT2D eigenvalue weighted by Gasteiger charge is -1.99. The second-order valence-electron chi connectivity index (χ2n) is 5.20. The molecule has 0 aliphatic rings. The standard InChI is InChI=1S/C17H12N4O2/c1-11-5-7-12(8-6-11)15-19-16(23-20-15)13-10-18-14-4-2-3-9-21(14)17(13)22/h2-10H,1H3. The topological polar surface area (TPSA) is 73.3 Å². The molecule has 23 heavy (non-hydrogen) atoms. The minimum Gasteiger partial charge on any atom is -0.333 e. The van der Waals surface area contributed by atoms with Crippen LogP contribution in [0.5, 0.6) is 0 Å². The summed E-state index contributed by atoms with van der Waals surface area (Å²) in [5.41, 5.74) is 2.59. The van der Waals surface area contributed by atoms with Gasteiger partial charge in [-0.1, -0.05) is 41.1 Å². The fourth-order valence-corrected chi connectivity index (χ4v) is 2.33. The highest BCUT2D eigenvalue weighted by molar-refractivity contribution is 5.59. The van der Waals surface area contributed by atoms with E-state index in [1.165, 1.54) is 10.6 Å². The maximum Gasteiger partial charge on any atom is 0.270 e. The zero-order chi connectivity index (χ0) is 15.8. The van der Waals surface area contributed by atoms with E-state index in [2.05, 4.69) is 15.1 Å². The Morgan fingerprint density at radius 2 is 1.91 bits per heavy atom. The summed E-state index contributed by atoms with van der Waals surface area (Å²) in [4.78, 5) is 21.1. The number of hydrogen-bond acceptors (Lipinski definition) is 5. The first-order chi connectivity index (χ1) is 11.2. The van der Waals surface area contributed by atoms with Crippen molar-refractivity contribution in [3.8, 4) is 22.8 Å². The Hall–Kier alpha value is -3.28. The molecule has 0 saturated heterocycles. The van der Waals surface area contributed by atoms with Crippen LogP contribution in [0.15, 0.2) is 64.2 Å². The maximum atomic E-state index is 12.5. The molecule has 0 saturated carbocycles. The van der Waals surface area contributed by atoms with E-state index in [1.54, 1.807) is 18.3 Å². The summed E-state index contributed by atoms with van der Waals surface area (Å²) < 4.78 is 6.70. The number of pyridine rings is 1. The summed E-state index contributed by atoms with van der Waals surface area (Å²) in [7, 11) is 0. The third kappa shape index (κ3) is 2.30. The van der Waals surface area contributed by atoms with Gasteiger partial charge in [-0.25, -0.2) is 4.98 Å². The first-order valence-corrected chi connectivity index (χ1v) is 7.10. The van der Waals surface area contributed by atoms with Gasteiger partial charge in [-0.15, -0.1) is 0 Å². The van der Waals surface area contributed by atoms with Crippen LogP contribution in [-0.4, -0.2) is 19.5 Å². The van der Waals surface area contributed by atoms with Crippen molar-refractivity contribution in [1.82, 2.24) is 19.5 Å². The second-order valence-corrected chi connectivity index (χ2v) is 5.20. The molecule has 3 heterocycles. The summed E-state index contributed by atoms with van der Waals surface area (Å²) in [6.07, 6.45) is 3.12. The van der Waals surface area contributed by atoms with Gasteiger partial charge in [-0.05, 0) is 19.1 Å².